The number of hydrogen-bond donors (Lipinski definition) is 4. The summed E-state index contributed by atoms with van der Waals surface area (Å²) in [6.07, 6.45) is 3.27. The molecule has 1 aliphatic rings. The van der Waals surface area contributed by atoms with E-state index in [9.17, 15) is 19.5 Å². The van der Waals surface area contributed by atoms with Crippen molar-refractivity contribution in [1.29, 1.82) is 0 Å². The van der Waals surface area contributed by atoms with Crippen molar-refractivity contribution in [3.63, 3.8) is 0 Å². The molecule has 1 fully saturated rings. The van der Waals surface area contributed by atoms with E-state index in [1.54, 1.807) is 31.2 Å². The second kappa shape index (κ2) is 9.56. The highest BCUT2D eigenvalue weighted by Crippen LogP contribution is 2.30. The van der Waals surface area contributed by atoms with Crippen molar-refractivity contribution in [2.75, 3.05) is 18.4 Å². The lowest BCUT2D eigenvalue weighted by Crippen LogP contribution is -2.37. The number of anilines is 1. The summed E-state index contributed by atoms with van der Waals surface area (Å²) < 4.78 is 0. The van der Waals surface area contributed by atoms with Gasteiger partial charge in [0.05, 0.1) is 6.54 Å². The van der Waals surface area contributed by atoms with Crippen molar-refractivity contribution in [2.24, 2.45) is 5.92 Å². The fraction of sp³-hybridized carbons (Fsp3) is 0.273. The fourth-order valence-corrected chi connectivity index (χ4v) is 2.57. The van der Waals surface area contributed by atoms with Gasteiger partial charge in [-0.05, 0) is 50.1 Å². The molecular formula is C22H22N4O4. The molecule has 3 rings (SSSR count). The first-order valence-corrected chi connectivity index (χ1v) is 9.63. The summed E-state index contributed by atoms with van der Waals surface area (Å²) in [6.45, 7) is 2.03. The van der Waals surface area contributed by atoms with Crippen LogP contribution < -0.4 is 16.0 Å². The third kappa shape index (κ3) is 5.82. The van der Waals surface area contributed by atoms with Gasteiger partial charge in [0.2, 0.25) is 11.8 Å². The Labute approximate surface area is 174 Å². The van der Waals surface area contributed by atoms with E-state index in [1.165, 1.54) is 12.3 Å². The van der Waals surface area contributed by atoms with Gasteiger partial charge >= 0.3 is 0 Å². The van der Waals surface area contributed by atoms with E-state index in [1.807, 2.05) is 0 Å². The van der Waals surface area contributed by atoms with E-state index in [2.05, 4.69) is 32.8 Å². The molecule has 8 heteroatoms. The highest BCUT2D eigenvalue weighted by Gasteiger charge is 2.29. The van der Waals surface area contributed by atoms with Gasteiger partial charge in [-0.25, -0.2) is 4.98 Å². The smallest absolute Gasteiger partial charge is 0.274 e. The average molecular weight is 406 g/mol. The van der Waals surface area contributed by atoms with Crippen LogP contribution in [0, 0.1) is 17.8 Å². The molecule has 30 heavy (non-hydrogen) atoms. The molecule has 8 nitrogen and oxygen atoms in total. The van der Waals surface area contributed by atoms with Crippen LogP contribution >= 0.6 is 0 Å². The molecule has 4 N–H and O–H groups in total. The number of aromatic hydroxyl groups is 1. The summed E-state index contributed by atoms with van der Waals surface area (Å²) in [5, 5.41) is 17.9. The minimum Gasteiger partial charge on any atom is -0.505 e. The maximum absolute atomic E-state index is 12.0. The van der Waals surface area contributed by atoms with Crippen LogP contribution in [0.25, 0.3) is 0 Å². The second-order valence-electron chi connectivity index (χ2n) is 6.82. The third-order valence-electron chi connectivity index (χ3n) is 4.32. The van der Waals surface area contributed by atoms with Crippen LogP contribution in [-0.2, 0) is 9.59 Å². The quantitative estimate of drug-likeness (QED) is 0.541. The molecule has 0 spiro atoms. The van der Waals surface area contributed by atoms with Crippen molar-refractivity contribution < 1.29 is 19.5 Å². The maximum Gasteiger partial charge on any atom is 0.274 e. The Morgan fingerprint density at radius 3 is 2.43 bits per heavy atom. The zero-order chi connectivity index (χ0) is 21.5. The zero-order valence-electron chi connectivity index (χ0n) is 16.5. The van der Waals surface area contributed by atoms with E-state index in [4.69, 9.17) is 0 Å². The summed E-state index contributed by atoms with van der Waals surface area (Å²) in [5.74, 6) is 4.69. The predicted molar refractivity (Wildman–Crippen MR) is 111 cm³/mol. The van der Waals surface area contributed by atoms with Gasteiger partial charge in [-0.1, -0.05) is 11.8 Å². The second-order valence-corrected chi connectivity index (χ2v) is 6.82. The van der Waals surface area contributed by atoms with E-state index in [0.717, 1.165) is 24.1 Å². The standard InChI is InChI=1S/C22H22N4O4/c1-2-23-19(28)13-25-22(30)20-18(27)11-15(12-24-20)4-3-14-5-9-17(10-6-14)26-21(29)16-7-8-16/h5-6,9-12,16,27H,2,7-8,13H2,1H3,(H,23,28)(H,25,30)(H,26,29). The van der Waals surface area contributed by atoms with E-state index in [0.29, 0.717) is 12.1 Å². The highest BCUT2D eigenvalue weighted by molar-refractivity contribution is 5.97. The van der Waals surface area contributed by atoms with E-state index >= 15 is 0 Å². The number of amides is 3. The minimum absolute atomic E-state index is 0.0468. The van der Waals surface area contributed by atoms with Crippen molar-refractivity contribution in [2.45, 2.75) is 19.8 Å². The molecule has 0 bridgehead atoms. The molecule has 3 amide bonds. The number of nitrogens with one attached hydrogen (secondary N) is 3. The Morgan fingerprint density at radius 1 is 1.10 bits per heavy atom. The highest BCUT2D eigenvalue weighted by atomic mass is 16.3. The topological polar surface area (TPSA) is 120 Å². The predicted octanol–water partition coefficient (Wildman–Crippen LogP) is 1.40. The molecule has 1 aromatic heterocycles. The van der Waals surface area contributed by atoms with Crippen LogP contribution in [0.5, 0.6) is 5.75 Å². The van der Waals surface area contributed by atoms with Crippen molar-refractivity contribution in [3.8, 4) is 17.6 Å². The number of likely N-dealkylation sites (N-methyl/N-ethyl adjacent to an activating group) is 1. The summed E-state index contributed by atoms with van der Waals surface area (Å²) in [4.78, 5) is 39.1. The van der Waals surface area contributed by atoms with Crippen molar-refractivity contribution >= 4 is 23.4 Å². The summed E-state index contributed by atoms with van der Waals surface area (Å²) in [6, 6.07) is 8.47. The lowest BCUT2D eigenvalue weighted by Gasteiger charge is -2.06. The monoisotopic (exact) mass is 406 g/mol. The van der Waals surface area contributed by atoms with Gasteiger partial charge in [-0.2, -0.15) is 0 Å². The van der Waals surface area contributed by atoms with Crippen LogP contribution in [-0.4, -0.2) is 40.9 Å². The molecule has 0 radical (unpaired) electrons. The number of aromatic nitrogens is 1. The van der Waals surface area contributed by atoms with Gasteiger partial charge in [-0.3, -0.25) is 14.4 Å². The maximum atomic E-state index is 12.0. The molecule has 2 aromatic rings. The molecule has 0 unspecified atom stereocenters. The SMILES string of the molecule is CCNC(=O)CNC(=O)c1ncc(C#Cc2ccc(NC(=O)C3CC3)cc2)cc1O. The molecular weight excluding hydrogens is 384 g/mol. The largest absolute Gasteiger partial charge is 0.505 e. The lowest BCUT2D eigenvalue weighted by atomic mass is 10.1. The van der Waals surface area contributed by atoms with Crippen molar-refractivity contribution in [1.82, 2.24) is 15.6 Å². The van der Waals surface area contributed by atoms with Gasteiger partial charge in [0.25, 0.3) is 5.91 Å². The first-order chi connectivity index (χ1) is 14.5. The van der Waals surface area contributed by atoms with Crippen LogP contribution in [0.15, 0.2) is 36.5 Å². The molecule has 154 valence electrons. The van der Waals surface area contributed by atoms with Gasteiger partial charge in [-0.15, -0.1) is 0 Å². The Bertz CT molecular complexity index is 1020. The Hall–Kier alpha value is -3.86. The van der Waals surface area contributed by atoms with Crippen LogP contribution in [0.1, 0.15) is 41.4 Å². The first-order valence-electron chi connectivity index (χ1n) is 9.63. The number of carbonyl (C=O) groups excluding carboxylic acids is 3. The molecule has 0 aliphatic heterocycles. The van der Waals surface area contributed by atoms with Crippen LogP contribution in [0.2, 0.25) is 0 Å². The van der Waals surface area contributed by atoms with Gasteiger partial charge in [0, 0.05) is 35.5 Å². The average Bonchev–Trinajstić information content (AvgIpc) is 3.57. The summed E-state index contributed by atoms with van der Waals surface area (Å²) in [7, 11) is 0. The molecule has 0 atom stereocenters. The Kier molecular flexibility index (Phi) is 6.65. The molecule has 1 aliphatic carbocycles. The Balaban J connectivity index is 1.60. The van der Waals surface area contributed by atoms with Gasteiger partial charge < -0.3 is 21.1 Å². The zero-order valence-corrected chi connectivity index (χ0v) is 16.5. The number of nitrogens with zero attached hydrogens (tertiary/aromatic N) is 1. The van der Waals surface area contributed by atoms with Gasteiger partial charge in [0.15, 0.2) is 5.69 Å². The number of pyridine rings is 1. The summed E-state index contributed by atoms with van der Waals surface area (Å²) >= 11 is 0. The van der Waals surface area contributed by atoms with E-state index < -0.39 is 5.91 Å². The summed E-state index contributed by atoms with van der Waals surface area (Å²) in [5.41, 5.74) is 1.70. The molecule has 1 heterocycles. The number of carbonyl (C=O) groups is 3. The molecule has 1 aromatic carbocycles. The minimum atomic E-state index is -0.651. The van der Waals surface area contributed by atoms with Crippen LogP contribution in [0.3, 0.4) is 0 Å². The number of benzene rings is 1. The third-order valence-corrected chi connectivity index (χ3v) is 4.32. The normalized spacial score (nSPS) is 12.3. The lowest BCUT2D eigenvalue weighted by molar-refractivity contribution is -0.120. The van der Waals surface area contributed by atoms with Gasteiger partial charge in [0.1, 0.15) is 5.75 Å². The number of rotatable bonds is 6. The van der Waals surface area contributed by atoms with Crippen molar-refractivity contribution in [3.05, 3.63) is 53.3 Å². The Morgan fingerprint density at radius 2 is 1.80 bits per heavy atom. The van der Waals surface area contributed by atoms with E-state index in [-0.39, 0.29) is 35.7 Å². The first kappa shape index (κ1) is 20.9. The number of hydrogen-bond acceptors (Lipinski definition) is 5. The molecule has 0 saturated heterocycles. The van der Waals surface area contributed by atoms with Crippen LogP contribution in [0.4, 0.5) is 5.69 Å². The fourth-order valence-electron chi connectivity index (χ4n) is 2.57. The molecule has 1 saturated carbocycles.